The van der Waals surface area contributed by atoms with Crippen LogP contribution < -0.4 is 0 Å². The van der Waals surface area contributed by atoms with Crippen molar-refractivity contribution in [2.75, 3.05) is 0 Å². The second-order valence-corrected chi connectivity index (χ2v) is 10.8. The van der Waals surface area contributed by atoms with Crippen LogP contribution in [0.2, 0.25) is 5.02 Å². The molecule has 2 aliphatic carbocycles. The second-order valence-electron chi connectivity index (χ2n) is 10.4. The molecule has 0 amide bonds. The summed E-state index contributed by atoms with van der Waals surface area (Å²) in [6.07, 6.45) is 5.56. The SMILES string of the molecule is CC(C)(C)OC(=O)[C@H]1CC=C(c2nn(C(=O)c3c(Cl)cccc3C3CC3)c3cccc(F)c23)CC1. The molecule has 1 heterocycles. The molecule has 7 heteroatoms. The van der Waals surface area contributed by atoms with Gasteiger partial charge in [-0.3, -0.25) is 9.59 Å². The molecule has 1 atom stereocenters. The summed E-state index contributed by atoms with van der Waals surface area (Å²) in [5.41, 5.74) is 2.47. The molecular weight excluding hydrogens is 467 g/mol. The lowest BCUT2D eigenvalue weighted by Crippen LogP contribution is -2.29. The number of esters is 1. The summed E-state index contributed by atoms with van der Waals surface area (Å²) in [6.45, 7) is 5.55. The predicted molar refractivity (Wildman–Crippen MR) is 134 cm³/mol. The monoisotopic (exact) mass is 494 g/mol. The van der Waals surface area contributed by atoms with E-state index in [4.69, 9.17) is 16.3 Å². The minimum atomic E-state index is -0.544. The summed E-state index contributed by atoms with van der Waals surface area (Å²) in [4.78, 5) is 26.2. The van der Waals surface area contributed by atoms with E-state index >= 15 is 4.39 Å². The van der Waals surface area contributed by atoms with E-state index < -0.39 is 11.4 Å². The Morgan fingerprint density at radius 3 is 2.51 bits per heavy atom. The Morgan fingerprint density at radius 1 is 1.11 bits per heavy atom. The zero-order chi connectivity index (χ0) is 24.9. The van der Waals surface area contributed by atoms with Crippen LogP contribution in [-0.2, 0) is 9.53 Å². The molecule has 0 N–H and O–H groups in total. The molecule has 0 radical (unpaired) electrons. The van der Waals surface area contributed by atoms with Gasteiger partial charge in [-0.15, -0.1) is 0 Å². The summed E-state index contributed by atoms with van der Waals surface area (Å²) >= 11 is 6.48. The lowest BCUT2D eigenvalue weighted by molar-refractivity contribution is -0.160. The number of ether oxygens (including phenoxy) is 1. The molecule has 0 spiro atoms. The average Bonchev–Trinajstić information content (AvgIpc) is 3.58. The van der Waals surface area contributed by atoms with Crippen molar-refractivity contribution in [2.24, 2.45) is 5.92 Å². The van der Waals surface area contributed by atoms with Gasteiger partial charge in [-0.2, -0.15) is 9.78 Å². The van der Waals surface area contributed by atoms with E-state index in [2.05, 4.69) is 5.10 Å². The lowest BCUT2D eigenvalue weighted by Gasteiger charge is -2.25. The number of fused-ring (bicyclic) bond motifs is 1. The van der Waals surface area contributed by atoms with E-state index in [1.807, 2.05) is 39.0 Å². The van der Waals surface area contributed by atoms with E-state index in [1.165, 1.54) is 10.7 Å². The molecule has 0 bridgehead atoms. The maximum Gasteiger partial charge on any atom is 0.309 e. The normalized spacial score (nSPS) is 18.4. The number of carbonyl (C=O) groups excluding carboxylic acids is 2. The van der Waals surface area contributed by atoms with Gasteiger partial charge in [0.1, 0.15) is 11.4 Å². The van der Waals surface area contributed by atoms with E-state index in [1.54, 1.807) is 18.2 Å². The van der Waals surface area contributed by atoms with E-state index in [-0.39, 0.29) is 17.8 Å². The number of nitrogens with zero attached hydrogens (tertiary/aromatic N) is 2. The van der Waals surface area contributed by atoms with Gasteiger partial charge < -0.3 is 4.74 Å². The number of halogens is 2. The average molecular weight is 495 g/mol. The fourth-order valence-electron chi connectivity index (χ4n) is 4.76. The smallest absolute Gasteiger partial charge is 0.309 e. The number of benzene rings is 2. The van der Waals surface area contributed by atoms with Crippen molar-refractivity contribution in [3.8, 4) is 0 Å². The first-order chi connectivity index (χ1) is 16.6. The quantitative estimate of drug-likeness (QED) is 0.369. The molecular formula is C28H28ClFN2O3. The molecule has 5 rings (SSSR count). The number of rotatable bonds is 4. The standard InChI is InChI=1S/C28H28ClFN2O3/c1-28(2,3)35-27(34)18-14-12-17(13-15-18)25-24-21(30)8-5-9-22(24)32(31-25)26(33)23-19(16-10-11-16)6-4-7-20(23)29/h4-9,12,16,18H,10-11,13-15H2,1-3H3/t18-/m0/s1. The zero-order valence-corrected chi connectivity index (χ0v) is 20.9. The van der Waals surface area contributed by atoms with Crippen molar-refractivity contribution >= 4 is 40.0 Å². The van der Waals surface area contributed by atoms with Crippen LogP contribution in [0.3, 0.4) is 0 Å². The molecule has 1 aromatic heterocycles. The van der Waals surface area contributed by atoms with Crippen LogP contribution in [0.5, 0.6) is 0 Å². The van der Waals surface area contributed by atoms with Gasteiger partial charge in [0.25, 0.3) is 5.91 Å². The van der Waals surface area contributed by atoms with Gasteiger partial charge in [-0.25, -0.2) is 4.39 Å². The summed E-state index contributed by atoms with van der Waals surface area (Å²) in [7, 11) is 0. The molecule has 35 heavy (non-hydrogen) atoms. The maximum absolute atomic E-state index is 15.1. The molecule has 2 aromatic carbocycles. The highest BCUT2D eigenvalue weighted by Gasteiger charge is 2.32. The minimum Gasteiger partial charge on any atom is -0.460 e. The highest BCUT2D eigenvalue weighted by molar-refractivity contribution is 6.34. The molecule has 0 saturated heterocycles. The van der Waals surface area contributed by atoms with E-state index in [0.717, 1.165) is 24.0 Å². The van der Waals surface area contributed by atoms with Crippen LogP contribution in [0.1, 0.15) is 80.4 Å². The summed E-state index contributed by atoms with van der Waals surface area (Å²) in [5.74, 6) is -0.954. The Kier molecular flexibility index (Phi) is 6.04. The van der Waals surface area contributed by atoms with Crippen LogP contribution in [0, 0.1) is 11.7 Å². The van der Waals surface area contributed by atoms with Gasteiger partial charge in [-0.05, 0) is 88.1 Å². The topological polar surface area (TPSA) is 61.2 Å². The second kappa shape index (κ2) is 8.90. The van der Waals surface area contributed by atoms with E-state index in [0.29, 0.717) is 52.4 Å². The van der Waals surface area contributed by atoms with Crippen LogP contribution in [0.25, 0.3) is 16.5 Å². The first kappa shape index (κ1) is 23.7. The van der Waals surface area contributed by atoms with Crippen molar-refractivity contribution in [1.82, 2.24) is 9.78 Å². The van der Waals surface area contributed by atoms with Crippen LogP contribution in [-0.4, -0.2) is 27.3 Å². The number of allylic oxidation sites excluding steroid dienone is 2. The number of carbonyl (C=O) groups is 2. The fraction of sp³-hybridized carbons (Fsp3) is 0.393. The van der Waals surface area contributed by atoms with Gasteiger partial charge in [0.05, 0.1) is 33.1 Å². The third-order valence-electron chi connectivity index (χ3n) is 6.58. The third-order valence-corrected chi connectivity index (χ3v) is 6.90. The van der Waals surface area contributed by atoms with Crippen molar-refractivity contribution in [2.45, 2.75) is 64.4 Å². The van der Waals surface area contributed by atoms with Crippen molar-refractivity contribution in [1.29, 1.82) is 0 Å². The molecule has 0 unspecified atom stereocenters. The molecule has 1 saturated carbocycles. The Labute approximate surface area is 208 Å². The van der Waals surface area contributed by atoms with Gasteiger partial charge in [0.2, 0.25) is 0 Å². The fourth-order valence-corrected chi connectivity index (χ4v) is 5.03. The number of hydrogen-bond donors (Lipinski definition) is 0. The number of hydrogen-bond acceptors (Lipinski definition) is 4. The maximum atomic E-state index is 15.1. The molecule has 1 fully saturated rings. The van der Waals surface area contributed by atoms with Crippen molar-refractivity contribution < 1.29 is 18.7 Å². The van der Waals surface area contributed by atoms with Gasteiger partial charge in [0.15, 0.2) is 0 Å². The van der Waals surface area contributed by atoms with Crippen LogP contribution in [0.15, 0.2) is 42.5 Å². The third kappa shape index (κ3) is 4.64. The van der Waals surface area contributed by atoms with Crippen LogP contribution >= 0.6 is 11.6 Å². The first-order valence-electron chi connectivity index (χ1n) is 12.1. The Bertz CT molecular complexity index is 1360. The number of aromatic nitrogens is 2. The van der Waals surface area contributed by atoms with E-state index in [9.17, 15) is 9.59 Å². The lowest BCUT2D eigenvalue weighted by atomic mass is 9.87. The highest BCUT2D eigenvalue weighted by Crippen LogP contribution is 2.44. The Hall–Kier alpha value is -2.99. The van der Waals surface area contributed by atoms with Gasteiger partial charge in [-0.1, -0.05) is 35.9 Å². The molecule has 182 valence electrons. The summed E-state index contributed by atoms with van der Waals surface area (Å²) in [6, 6.07) is 10.1. The first-order valence-corrected chi connectivity index (χ1v) is 12.4. The molecule has 3 aromatic rings. The summed E-state index contributed by atoms with van der Waals surface area (Å²) < 4.78 is 21.9. The van der Waals surface area contributed by atoms with Crippen molar-refractivity contribution in [3.63, 3.8) is 0 Å². The predicted octanol–water partition coefficient (Wildman–Crippen LogP) is 6.92. The Balaban J connectivity index is 1.53. The van der Waals surface area contributed by atoms with Crippen molar-refractivity contribution in [3.05, 3.63) is 70.1 Å². The van der Waals surface area contributed by atoms with Crippen LogP contribution in [0.4, 0.5) is 4.39 Å². The zero-order valence-electron chi connectivity index (χ0n) is 20.1. The largest absolute Gasteiger partial charge is 0.460 e. The summed E-state index contributed by atoms with van der Waals surface area (Å²) in [5, 5.41) is 5.31. The highest BCUT2D eigenvalue weighted by atomic mass is 35.5. The minimum absolute atomic E-state index is 0.226. The molecule has 0 aliphatic heterocycles. The molecule has 5 nitrogen and oxygen atoms in total. The van der Waals surface area contributed by atoms with Gasteiger partial charge in [0, 0.05) is 0 Å². The Morgan fingerprint density at radius 2 is 1.86 bits per heavy atom. The van der Waals surface area contributed by atoms with Gasteiger partial charge >= 0.3 is 5.97 Å². The molecule has 2 aliphatic rings.